The molecule has 2 amide bonds. The Morgan fingerprint density at radius 3 is 1.96 bits per heavy atom. The van der Waals surface area contributed by atoms with Crippen LogP contribution in [-0.4, -0.2) is 27.8 Å². The van der Waals surface area contributed by atoms with Gasteiger partial charge in [-0.3, -0.25) is 14.5 Å². The molecule has 5 nitrogen and oxygen atoms in total. The van der Waals surface area contributed by atoms with Crippen molar-refractivity contribution in [3.63, 3.8) is 0 Å². The van der Waals surface area contributed by atoms with Crippen LogP contribution < -0.4 is 0 Å². The molecule has 4 rings (SSSR count). The van der Waals surface area contributed by atoms with Crippen LogP contribution in [0.25, 0.3) is 11.1 Å². The smallest absolute Gasteiger partial charge is 0.335 e. The van der Waals surface area contributed by atoms with Crippen molar-refractivity contribution >= 4 is 17.8 Å². The minimum atomic E-state index is -1.06. The van der Waals surface area contributed by atoms with Crippen molar-refractivity contribution < 1.29 is 19.5 Å². The lowest BCUT2D eigenvalue weighted by molar-refractivity contribution is 0.0641. The second-order valence-corrected chi connectivity index (χ2v) is 6.33. The summed E-state index contributed by atoms with van der Waals surface area (Å²) in [6.07, 6.45) is 0. The molecule has 0 aliphatic carbocycles. The number of imide groups is 1. The van der Waals surface area contributed by atoms with E-state index in [2.05, 4.69) is 0 Å². The van der Waals surface area contributed by atoms with Crippen LogP contribution in [-0.2, 0) is 6.54 Å². The highest BCUT2D eigenvalue weighted by atomic mass is 16.4. The van der Waals surface area contributed by atoms with Crippen LogP contribution in [0.1, 0.15) is 36.6 Å². The first-order chi connectivity index (χ1) is 13.0. The van der Waals surface area contributed by atoms with E-state index in [1.165, 1.54) is 6.07 Å². The number of hydrogen-bond donors (Lipinski definition) is 1. The lowest BCUT2D eigenvalue weighted by Gasteiger charge is -2.15. The minimum absolute atomic E-state index is 0.0211. The maximum Gasteiger partial charge on any atom is 0.335 e. The number of nitrogens with zero attached hydrogens (tertiary/aromatic N) is 1. The summed E-state index contributed by atoms with van der Waals surface area (Å²) in [4.78, 5) is 37.8. The Bertz CT molecular complexity index is 1040. The summed E-state index contributed by atoms with van der Waals surface area (Å²) in [5.74, 6) is -1.79. The molecule has 1 N–H and O–H groups in total. The number of carbonyl (C=O) groups is 3. The molecule has 132 valence electrons. The molecule has 0 unspecified atom stereocenters. The van der Waals surface area contributed by atoms with Gasteiger partial charge in [0.1, 0.15) is 0 Å². The number of carbonyl (C=O) groups excluding carboxylic acids is 2. The Morgan fingerprint density at radius 1 is 0.778 bits per heavy atom. The monoisotopic (exact) mass is 357 g/mol. The van der Waals surface area contributed by atoms with Crippen molar-refractivity contribution in [1.29, 1.82) is 0 Å². The Kier molecular flexibility index (Phi) is 4.05. The maximum atomic E-state index is 12.6. The topological polar surface area (TPSA) is 74.7 Å². The van der Waals surface area contributed by atoms with E-state index in [0.717, 1.165) is 16.0 Å². The molecule has 5 heteroatoms. The van der Waals surface area contributed by atoms with E-state index >= 15 is 0 Å². The predicted molar refractivity (Wildman–Crippen MR) is 99.5 cm³/mol. The van der Waals surface area contributed by atoms with Crippen LogP contribution in [0, 0.1) is 0 Å². The summed E-state index contributed by atoms with van der Waals surface area (Å²) in [7, 11) is 0. The summed E-state index contributed by atoms with van der Waals surface area (Å²) in [6.45, 7) is 0.0211. The SMILES string of the molecule is O=C(O)c1cc(CN2C(=O)c3ccccc3C2=O)cc(-c2ccccc2)c1. The second kappa shape index (κ2) is 6.53. The average molecular weight is 357 g/mol. The lowest BCUT2D eigenvalue weighted by atomic mass is 9.99. The molecule has 3 aromatic rings. The van der Waals surface area contributed by atoms with Gasteiger partial charge in [-0.1, -0.05) is 42.5 Å². The van der Waals surface area contributed by atoms with Gasteiger partial charge >= 0.3 is 5.97 Å². The quantitative estimate of drug-likeness (QED) is 0.720. The molecule has 0 saturated carbocycles. The molecule has 0 radical (unpaired) electrons. The van der Waals surface area contributed by atoms with Crippen molar-refractivity contribution in [1.82, 2.24) is 4.90 Å². The van der Waals surface area contributed by atoms with Gasteiger partial charge in [-0.2, -0.15) is 0 Å². The number of fused-ring (bicyclic) bond motifs is 1. The van der Waals surface area contributed by atoms with E-state index in [1.807, 2.05) is 36.4 Å². The fraction of sp³-hybridized carbons (Fsp3) is 0.0455. The van der Waals surface area contributed by atoms with Gasteiger partial charge in [-0.25, -0.2) is 4.79 Å². The standard InChI is InChI=1S/C22H15NO4/c24-20-18-8-4-5-9-19(18)21(25)23(20)13-14-10-16(12-17(11-14)22(26)27)15-6-2-1-3-7-15/h1-12H,13H2,(H,26,27). The van der Waals surface area contributed by atoms with Gasteiger partial charge in [-0.15, -0.1) is 0 Å². The Hall–Kier alpha value is -3.73. The van der Waals surface area contributed by atoms with Crippen LogP contribution in [0.15, 0.2) is 72.8 Å². The Balaban J connectivity index is 1.72. The van der Waals surface area contributed by atoms with Gasteiger partial charge in [0.05, 0.1) is 23.2 Å². The van der Waals surface area contributed by atoms with E-state index in [4.69, 9.17) is 0 Å². The fourth-order valence-electron chi connectivity index (χ4n) is 3.27. The molecule has 3 aromatic carbocycles. The van der Waals surface area contributed by atoms with Crippen molar-refractivity contribution in [3.05, 3.63) is 95.1 Å². The molecule has 27 heavy (non-hydrogen) atoms. The highest BCUT2D eigenvalue weighted by Crippen LogP contribution is 2.27. The van der Waals surface area contributed by atoms with Crippen molar-refractivity contribution in [2.75, 3.05) is 0 Å². The minimum Gasteiger partial charge on any atom is -0.478 e. The molecular weight excluding hydrogens is 342 g/mol. The summed E-state index contributed by atoms with van der Waals surface area (Å²) < 4.78 is 0. The molecular formula is C22H15NO4. The van der Waals surface area contributed by atoms with E-state index in [9.17, 15) is 19.5 Å². The van der Waals surface area contributed by atoms with Crippen molar-refractivity contribution in [2.45, 2.75) is 6.54 Å². The molecule has 0 saturated heterocycles. The third-order valence-corrected chi connectivity index (χ3v) is 4.57. The molecule has 0 atom stereocenters. The van der Waals surface area contributed by atoms with Crippen LogP contribution in [0.4, 0.5) is 0 Å². The number of carboxylic acids is 1. The third kappa shape index (κ3) is 3.00. The van der Waals surface area contributed by atoms with Gasteiger partial charge in [0, 0.05) is 0 Å². The maximum absolute atomic E-state index is 12.6. The van der Waals surface area contributed by atoms with Gasteiger partial charge in [-0.05, 0) is 47.0 Å². The highest BCUT2D eigenvalue weighted by Gasteiger charge is 2.35. The zero-order chi connectivity index (χ0) is 19.0. The first-order valence-corrected chi connectivity index (χ1v) is 8.42. The summed E-state index contributed by atoms with van der Waals surface area (Å²) in [6, 6.07) is 20.9. The highest BCUT2D eigenvalue weighted by molar-refractivity contribution is 6.21. The number of rotatable bonds is 4. The van der Waals surface area contributed by atoms with Gasteiger partial charge in [0.2, 0.25) is 0 Å². The number of benzene rings is 3. The van der Waals surface area contributed by atoms with Gasteiger partial charge in [0.15, 0.2) is 0 Å². The molecule has 0 fully saturated rings. The predicted octanol–water partition coefficient (Wildman–Crippen LogP) is 3.85. The zero-order valence-electron chi connectivity index (χ0n) is 14.3. The number of aromatic carboxylic acids is 1. The third-order valence-electron chi connectivity index (χ3n) is 4.57. The van der Waals surface area contributed by atoms with Gasteiger partial charge < -0.3 is 5.11 Å². The van der Waals surface area contributed by atoms with Crippen LogP contribution in [0.3, 0.4) is 0 Å². The molecule has 0 spiro atoms. The molecule has 0 bridgehead atoms. The Morgan fingerprint density at radius 2 is 1.37 bits per heavy atom. The first-order valence-electron chi connectivity index (χ1n) is 8.42. The molecule has 1 aliphatic rings. The van der Waals surface area contributed by atoms with Gasteiger partial charge in [0.25, 0.3) is 11.8 Å². The number of carboxylic acid groups (broad SMARTS) is 1. The molecule has 1 heterocycles. The van der Waals surface area contributed by atoms with E-state index in [1.54, 1.807) is 30.3 Å². The summed E-state index contributed by atoms with van der Waals surface area (Å²) >= 11 is 0. The lowest BCUT2D eigenvalue weighted by Crippen LogP contribution is -2.29. The van der Waals surface area contributed by atoms with Crippen molar-refractivity contribution in [3.8, 4) is 11.1 Å². The first kappa shape index (κ1) is 16.7. The average Bonchev–Trinajstić information content (AvgIpc) is 2.93. The summed E-state index contributed by atoms with van der Waals surface area (Å²) in [5.41, 5.74) is 3.04. The summed E-state index contributed by atoms with van der Waals surface area (Å²) in [5, 5.41) is 9.44. The normalized spacial score (nSPS) is 13.0. The Labute approximate surface area is 155 Å². The van der Waals surface area contributed by atoms with E-state index in [-0.39, 0.29) is 23.9 Å². The number of hydrogen-bond acceptors (Lipinski definition) is 3. The van der Waals surface area contributed by atoms with E-state index < -0.39 is 5.97 Å². The fourth-order valence-corrected chi connectivity index (χ4v) is 3.27. The van der Waals surface area contributed by atoms with Crippen LogP contribution in [0.5, 0.6) is 0 Å². The van der Waals surface area contributed by atoms with E-state index in [0.29, 0.717) is 16.7 Å². The molecule has 1 aliphatic heterocycles. The van der Waals surface area contributed by atoms with Crippen LogP contribution in [0.2, 0.25) is 0 Å². The second-order valence-electron chi connectivity index (χ2n) is 6.33. The van der Waals surface area contributed by atoms with Crippen LogP contribution >= 0.6 is 0 Å². The number of amides is 2. The van der Waals surface area contributed by atoms with Crippen molar-refractivity contribution in [2.24, 2.45) is 0 Å². The largest absolute Gasteiger partial charge is 0.478 e. The zero-order valence-corrected chi connectivity index (χ0v) is 14.3. The molecule has 0 aromatic heterocycles.